The monoisotopic (exact) mass is 233 g/mol. The zero-order valence-corrected chi connectivity index (χ0v) is 8.90. The Balaban J connectivity index is 2.64. The summed E-state index contributed by atoms with van der Waals surface area (Å²) in [7, 11) is 0. The van der Waals surface area contributed by atoms with E-state index in [-0.39, 0.29) is 5.56 Å². The predicted octanol–water partition coefficient (Wildman–Crippen LogP) is 2.32. The highest BCUT2D eigenvalue weighted by Gasteiger charge is 2.16. The molecule has 0 aliphatic heterocycles. The lowest BCUT2D eigenvalue weighted by Crippen LogP contribution is -2.01. The minimum absolute atomic E-state index is 0.105. The van der Waals surface area contributed by atoms with Gasteiger partial charge in [0.25, 0.3) is 0 Å². The molecule has 1 N–H and O–H groups in total. The van der Waals surface area contributed by atoms with Crippen molar-refractivity contribution < 1.29 is 14.7 Å². The van der Waals surface area contributed by atoms with Crippen LogP contribution in [-0.4, -0.2) is 22.3 Å². The lowest BCUT2D eigenvalue weighted by Gasteiger charge is -2.02. The molecule has 80 valence electrons. The zero-order valence-electron chi connectivity index (χ0n) is 8.08. The summed E-state index contributed by atoms with van der Waals surface area (Å²) in [6.07, 6.45) is 2.21. The Kier molecular flexibility index (Phi) is 2.78. The van der Waals surface area contributed by atoms with Gasteiger partial charge in [0.1, 0.15) is 0 Å². The summed E-state index contributed by atoms with van der Waals surface area (Å²) in [6, 6.07) is 4.67. The number of aldehydes is 1. The maximum absolute atomic E-state index is 11.0. The smallest absolute Gasteiger partial charge is 0.337 e. The summed E-state index contributed by atoms with van der Waals surface area (Å²) in [4.78, 5) is 26.4. The van der Waals surface area contributed by atoms with E-state index in [0.29, 0.717) is 22.4 Å². The lowest BCUT2D eigenvalue weighted by atomic mass is 10.1. The molecule has 16 heavy (non-hydrogen) atoms. The Hall–Kier alpha value is -2.01. The first kappa shape index (κ1) is 10.5. The van der Waals surface area contributed by atoms with Crippen LogP contribution < -0.4 is 0 Å². The van der Waals surface area contributed by atoms with Crippen molar-refractivity contribution in [1.82, 2.24) is 4.98 Å². The van der Waals surface area contributed by atoms with E-state index in [1.807, 2.05) is 0 Å². The van der Waals surface area contributed by atoms with Crippen LogP contribution in [0.25, 0.3) is 10.6 Å². The number of carboxylic acids is 1. The van der Waals surface area contributed by atoms with E-state index < -0.39 is 5.97 Å². The van der Waals surface area contributed by atoms with Gasteiger partial charge in [-0.15, -0.1) is 11.3 Å². The SMILES string of the molecule is O=Cc1ccsc1-c1ncccc1C(=O)O. The van der Waals surface area contributed by atoms with Crippen molar-refractivity contribution in [3.05, 3.63) is 40.9 Å². The van der Waals surface area contributed by atoms with E-state index in [9.17, 15) is 9.59 Å². The lowest BCUT2D eigenvalue weighted by molar-refractivity contribution is 0.0697. The number of hydrogen-bond acceptors (Lipinski definition) is 4. The van der Waals surface area contributed by atoms with Gasteiger partial charge in [0, 0.05) is 11.8 Å². The summed E-state index contributed by atoms with van der Waals surface area (Å²) >= 11 is 1.30. The summed E-state index contributed by atoms with van der Waals surface area (Å²) in [5.41, 5.74) is 0.909. The van der Waals surface area contributed by atoms with Gasteiger partial charge in [0.05, 0.1) is 16.1 Å². The Bertz CT molecular complexity index is 548. The van der Waals surface area contributed by atoms with Crippen LogP contribution in [0.1, 0.15) is 20.7 Å². The molecule has 0 spiro atoms. The number of carbonyl (C=O) groups excluding carboxylic acids is 1. The molecule has 0 aliphatic carbocycles. The molecule has 2 rings (SSSR count). The fourth-order valence-corrected chi connectivity index (χ4v) is 2.24. The van der Waals surface area contributed by atoms with E-state index >= 15 is 0 Å². The summed E-state index contributed by atoms with van der Waals surface area (Å²) in [6.45, 7) is 0. The number of aromatic nitrogens is 1. The third-order valence-electron chi connectivity index (χ3n) is 2.08. The molecule has 2 heterocycles. The summed E-state index contributed by atoms with van der Waals surface area (Å²) in [5, 5.41) is 10.7. The van der Waals surface area contributed by atoms with E-state index in [1.165, 1.54) is 23.6 Å². The largest absolute Gasteiger partial charge is 0.478 e. The van der Waals surface area contributed by atoms with Crippen LogP contribution in [0.4, 0.5) is 0 Å². The second-order valence-electron chi connectivity index (χ2n) is 3.03. The van der Waals surface area contributed by atoms with Crippen LogP contribution >= 0.6 is 11.3 Å². The first-order valence-corrected chi connectivity index (χ1v) is 5.33. The average Bonchev–Trinajstić information content (AvgIpc) is 2.76. The van der Waals surface area contributed by atoms with Crippen molar-refractivity contribution in [2.24, 2.45) is 0 Å². The normalized spacial score (nSPS) is 10.0. The zero-order chi connectivity index (χ0) is 11.5. The van der Waals surface area contributed by atoms with Crippen molar-refractivity contribution in [2.45, 2.75) is 0 Å². The number of aromatic carboxylic acids is 1. The van der Waals surface area contributed by atoms with Crippen molar-refractivity contribution in [2.75, 3.05) is 0 Å². The first-order chi connectivity index (χ1) is 7.74. The molecule has 0 saturated carbocycles. The number of pyridine rings is 1. The second-order valence-corrected chi connectivity index (χ2v) is 3.94. The average molecular weight is 233 g/mol. The molecule has 4 nitrogen and oxygen atoms in total. The van der Waals surface area contributed by atoms with Gasteiger partial charge >= 0.3 is 5.97 Å². The highest BCUT2D eigenvalue weighted by Crippen LogP contribution is 2.29. The molecule has 5 heteroatoms. The van der Waals surface area contributed by atoms with Crippen LogP contribution in [0.3, 0.4) is 0 Å². The molecule has 0 unspecified atom stereocenters. The molecule has 0 atom stereocenters. The molecular formula is C11H7NO3S. The fourth-order valence-electron chi connectivity index (χ4n) is 1.36. The Labute approximate surface area is 95.2 Å². The summed E-state index contributed by atoms with van der Waals surface area (Å²) in [5.74, 6) is -1.05. The van der Waals surface area contributed by atoms with Gasteiger partial charge in [-0.05, 0) is 23.6 Å². The van der Waals surface area contributed by atoms with Crippen molar-refractivity contribution in [3.8, 4) is 10.6 Å². The minimum Gasteiger partial charge on any atom is -0.478 e. The van der Waals surface area contributed by atoms with E-state index in [4.69, 9.17) is 5.11 Å². The number of nitrogens with zero attached hydrogens (tertiary/aromatic N) is 1. The highest BCUT2D eigenvalue weighted by molar-refractivity contribution is 7.14. The van der Waals surface area contributed by atoms with E-state index in [0.717, 1.165) is 0 Å². The van der Waals surface area contributed by atoms with Gasteiger partial charge in [0.15, 0.2) is 6.29 Å². The van der Waals surface area contributed by atoms with Crippen LogP contribution in [0, 0.1) is 0 Å². The van der Waals surface area contributed by atoms with Crippen LogP contribution in [0.5, 0.6) is 0 Å². The molecule has 0 fully saturated rings. The minimum atomic E-state index is -1.05. The fraction of sp³-hybridized carbons (Fsp3) is 0. The standard InChI is InChI=1S/C11H7NO3S/c13-6-7-3-5-16-10(7)9-8(11(14)15)2-1-4-12-9/h1-6H,(H,14,15). The molecule has 0 aliphatic rings. The van der Waals surface area contributed by atoms with Crippen LogP contribution in [0.2, 0.25) is 0 Å². The van der Waals surface area contributed by atoms with E-state index in [1.54, 1.807) is 17.5 Å². The predicted molar refractivity (Wildman–Crippen MR) is 59.9 cm³/mol. The molecule has 0 bridgehead atoms. The third-order valence-corrected chi connectivity index (χ3v) is 3.01. The van der Waals surface area contributed by atoms with Gasteiger partial charge in [-0.3, -0.25) is 9.78 Å². The van der Waals surface area contributed by atoms with Gasteiger partial charge in [-0.1, -0.05) is 0 Å². The number of rotatable bonds is 3. The molecule has 0 amide bonds. The van der Waals surface area contributed by atoms with Crippen LogP contribution in [0.15, 0.2) is 29.8 Å². The van der Waals surface area contributed by atoms with Crippen LogP contribution in [-0.2, 0) is 0 Å². The number of carboxylic acid groups (broad SMARTS) is 1. The molecular weight excluding hydrogens is 226 g/mol. The van der Waals surface area contributed by atoms with Crippen molar-refractivity contribution >= 4 is 23.6 Å². The van der Waals surface area contributed by atoms with E-state index in [2.05, 4.69) is 4.98 Å². The number of hydrogen-bond donors (Lipinski definition) is 1. The molecule has 0 saturated heterocycles. The van der Waals surface area contributed by atoms with Crippen molar-refractivity contribution in [3.63, 3.8) is 0 Å². The second kappa shape index (κ2) is 4.24. The van der Waals surface area contributed by atoms with Gasteiger partial charge in [-0.25, -0.2) is 4.79 Å². The summed E-state index contributed by atoms with van der Waals surface area (Å²) < 4.78 is 0. The Morgan fingerprint density at radius 3 is 2.94 bits per heavy atom. The third kappa shape index (κ3) is 1.72. The molecule has 2 aromatic rings. The van der Waals surface area contributed by atoms with Gasteiger partial charge in [0.2, 0.25) is 0 Å². The number of carbonyl (C=O) groups is 2. The topological polar surface area (TPSA) is 67.3 Å². The quantitative estimate of drug-likeness (QED) is 0.826. The van der Waals surface area contributed by atoms with Gasteiger partial charge < -0.3 is 5.11 Å². The molecule has 2 aromatic heterocycles. The Morgan fingerprint density at radius 1 is 1.44 bits per heavy atom. The first-order valence-electron chi connectivity index (χ1n) is 4.45. The Morgan fingerprint density at radius 2 is 2.25 bits per heavy atom. The molecule has 0 radical (unpaired) electrons. The number of thiophene rings is 1. The highest BCUT2D eigenvalue weighted by atomic mass is 32.1. The maximum atomic E-state index is 11.0. The van der Waals surface area contributed by atoms with Crippen molar-refractivity contribution in [1.29, 1.82) is 0 Å². The molecule has 0 aromatic carbocycles. The van der Waals surface area contributed by atoms with Gasteiger partial charge in [-0.2, -0.15) is 0 Å². The maximum Gasteiger partial charge on any atom is 0.337 e.